The van der Waals surface area contributed by atoms with E-state index in [-0.39, 0.29) is 25.5 Å². The molecule has 1 aromatic carbocycles. The first-order valence-corrected chi connectivity index (χ1v) is 7.50. The average Bonchev–Trinajstić information content (AvgIpc) is 2.94. The molecule has 0 saturated carbocycles. The molecule has 0 spiro atoms. The molecule has 0 bridgehead atoms. The lowest BCUT2D eigenvalue weighted by atomic mass is 10.2. The van der Waals surface area contributed by atoms with Crippen LogP contribution in [0.2, 0.25) is 0 Å². The van der Waals surface area contributed by atoms with E-state index >= 15 is 0 Å². The second kappa shape index (κ2) is 7.67. The van der Waals surface area contributed by atoms with Gasteiger partial charge in [-0.15, -0.1) is 0 Å². The summed E-state index contributed by atoms with van der Waals surface area (Å²) < 4.78 is 15.0. The Morgan fingerprint density at radius 2 is 1.96 bits per heavy atom. The summed E-state index contributed by atoms with van der Waals surface area (Å²) in [7, 11) is 3.04. The fourth-order valence-electron chi connectivity index (χ4n) is 2.49. The van der Waals surface area contributed by atoms with Crippen LogP contribution >= 0.6 is 0 Å². The molecular formula is C16H20N2O6. The molecule has 1 aliphatic heterocycles. The molecule has 8 nitrogen and oxygen atoms in total. The van der Waals surface area contributed by atoms with Crippen molar-refractivity contribution in [3.63, 3.8) is 0 Å². The lowest BCUT2D eigenvalue weighted by molar-refractivity contribution is -0.154. The number of carbonyl (C=O) groups excluding carboxylic acids is 3. The Hall–Kier alpha value is -2.77. The smallest absolute Gasteiger partial charge is 0.396 e. The van der Waals surface area contributed by atoms with E-state index in [9.17, 15) is 14.4 Å². The number of rotatable bonds is 5. The molecule has 0 aliphatic carbocycles. The lowest BCUT2D eigenvalue weighted by Gasteiger charge is -2.18. The predicted octanol–water partition coefficient (Wildman–Crippen LogP) is 0.488. The monoisotopic (exact) mass is 336 g/mol. The van der Waals surface area contributed by atoms with Gasteiger partial charge in [-0.3, -0.25) is 9.59 Å². The molecule has 1 fully saturated rings. The molecule has 130 valence electrons. The van der Waals surface area contributed by atoms with Gasteiger partial charge in [0.25, 0.3) is 0 Å². The predicted molar refractivity (Wildman–Crippen MR) is 85.1 cm³/mol. The van der Waals surface area contributed by atoms with E-state index in [4.69, 9.17) is 9.47 Å². The van der Waals surface area contributed by atoms with Gasteiger partial charge in [0.2, 0.25) is 5.91 Å². The van der Waals surface area contributed by atoms with Gasteiger partial charge in [-0.1, -0.05) is 0 Å². The van der Waals surface area contributed by atoms with Crippen LogP contribution < -0.4 is 19.7 Å². The highest BCUT2D eigenvalue weighted by Crippen LogP contribution is 2.33. The number of hydrogen-bond acceptors (Lipinski definition) is 6. The van der Waals surface area contributed by atoms with Crippen LogP contribution in [0.15, 0.2) is 18.2 Å². The van der Waals surface area contributed by atoms with Crippen molar-refractivity contribution in [3.8, 4) is 11.5 Å². The second-order valence-electron chi connectivity index (χ2n) is 5.14. The van der Waals surface area contributed by atoms with Gasteiger partial charge in [0.1, 0.15) is 0 Å². The molecule has 1 atom stereocenters. The van der Waals surface area contributed by atoms with E-state index in [2.05, 4.69) is 10.1 Å². The minimum Gasteiger partial charge on any atom is -0.493 e. The van der Waals surface area contributed by atoms with Crippen molar-refractivity contribution in [3.05, 3.63) is 18.2 Å². The first-order chi connectivity index (χ1) is 11.5. The quantitative estimate of drug-likeness (QED) is 0.621. The van der Waals surface area contributed by atoms with Crippen molar-refractivity contribution in [1.82, 2.24) is 5.32 Å². The first kappa shape index (κ1) is 17.6. The Morgan fingerprint density at radius 1 is 1.25 bits per heavy atom. The van der Waals surface area contributed by atoms with Crippen LogP contribution in [0.25, 0.3) is 0 Å². The summed E-state index contributed by atoms with van der Waals surface area (Å²) in [4.78, 5) is 36.8. The van der Waals surface area contributed by atoms with Crippen LogP contribution in [0.3, 0.4) is 0 Å². The SMILES string of the molecule is CCOC(=O)C(=O)NC1CC(=O)N(c2ccc(OC)c(OC)c2)C1. The maximum Gasteiger partial charge on any atom is 0.396 e. The fraction of sp³-hybridized carbons (Fsp3) is 0.438. The molecule has 2 rings (SSSR count). The number of benzene rings is 1. The average molecular weight is 336 g/mol. The van der Waals surface area contributed by atoms with Crippen LogP contribution in [-0.4, -0.2) is 51.2 Å². The molecule has 1 N–H and O–H groups in total. The molecule has 0 aromatic heterocycles. The van der Waals surface area contributed by atoms with Gasteiger partial charge >= 0.3 is 11.9 Å². The first-order valence-electron chi connectivity index (χ1n) is 7.50. The molecule has 1 saturated heterocycles. The van der Waals surface area contributed by atoms with E-state index < -0.39 is 17.9 Å². The molecule has 8 heteroatoms. The number of carbonyl (C=O) groups is 3. The summed E-state index contributed by atoms with van der Waals surface area (Å²) in [6, 6.07) is 4.66. The number of amides is 2. The highest BCUT2D eigenvalue weighted by molar-refractivity contribution is 6.32. The van der Waals surface area contributed by atoms with Crippen molar-refractivity contribution >= 4 is 23.5 Å². The number of ether oxygens (including phenoxy) is 3. The van der Waals surface area contributed by atoms with E-state index in [1.165, 1.54) is 19.1 Å². The molecule has 1 unspecified atom stereocenters. The fourth-order valence-corrected chi connectivity index (χ4v) is 2.49. The summed E-state index contributed by atoms with van der Waals surface area (Å²) in [6.07, 6.45) is 0.111. The van der Waals surface area contributed by atoms with Gasteiger partial charge in [0, 0.05) is 24.7 Å². The van der Waals surface area contributed by atoms with Crippen LogP contribution in [0.5, 0.6) is 11.5 Å². The summed E-state index contributed by atoms with van der Waals surface area (Å²) in [5.41, 5.74) is 0.630. The zero-order valence-corrected chi connectivity index (χ0v) is 13.8. The van der Waals surface area contributed by atoms with Gasteiger partial charge in [-0.2, -0.15) is 0 Å². The Kier molecular flexibility index (Phi) is 5.62. The Labute approximate surface area is 139 Å². The number of methoxy groups -OCH3 is 2. The minimum absolute atomic E-state index is 0.111. The highest BCUT2D eigenvalue weighted by Gasteiger charge is 2.33. The van der Waals surface area contributed by atoms with Crippen molar-refractivity contribution in [2.45, 2.75) is 19.4 Å². The molecule has 0 radical (unpaired) electrons. The van der Waals surface area contributed by atoms with E-state index in [0.29, 0.717) is 17.2 Å². The van der Waals surface area contributed by atoms with Crippen LogP contribution in [0.4, 0.5) is 5.69 Å². The van der Waals surface area contributed by atoms with Crippen LogP contribution in [0.1, 0.15) is 13.3 Å². The van der Waals surface area contributed by atoms with Gasteiger partial charge in [0.15, 0.2) is 11.5 Å². The highest BCUT2D eigenvalue weighted by atomic mass is 16.5. The minimum atomic E-state index is -0.950. The van der Waals surface area contributed by atoms with E-state index in [1.54, 1.807) is 25.1 Å². The lowest BCUT2D eigenvalue weighted by Crippen LogP contribution is -2.41. The van der Waals surface area contributed by atoms with Gasteiger partial charge in [-0.25, -0.2) is 4.79 Å². The summed E-state index contributed by atoms with van der Waals surface area (Å²) >= 11 is 0. The molecule has 2 amide bonds. The molecular weight excluding hydrogens is 316 g/mol. The Bertz CT molecular complexity index is 645. The van der Waals surface area contributed by atoms with Crippen molar-refractivity contribution in [2.24, 2.45) is 0 Å². The summed E-state index contributed by atoms with van der Waals surface area (Å²) in [5.74, 6) is -0.892. The van der Waals surface area contributed by atoms with Gasteiger partial charge in [0.05, 0.1) is 26.9 Å². The third kappa shape index (κ3) is 3.76. The second-order valence-corrected chi connectivity index (χ2v) is 5.14. The van der Waals surface area contributed by atoms with Crippen LogP contribution in [-0.2, 0) is 19.1 Å². The topological polar surface area (TPSA) is 94.2 Å². The number of nitrogens with one attached hydrogen (secondary N) is 1. The zero-order chi connectivity index (χ0) is 17.7. The van der Waals surface area contributed by atoms with E-state index in [0.717, 1.165) is 0 Å². The van der Waals surface area contributed by atoms with Crippen molar-refractivity contribution < 1.29 is 28.6 Å². The molecule has 1 aliphatic rings. The van der Waals surface area contributed by atoms with E-state index in [1.807, 2.05) is 0 Å². The van der Waals surface area contributed by atoms with Crippen molar-refractivity contribution in [1.29, 1.82) is 0 Å². The Morgan fingerprint density at radius 3 is 2.58 bits per heavy atom. The van der Waals surface area contributed by atoms with Gasteiger partial charge in [-0.05, 0) is 19.1 Å². The standard InChI is InChI=1S/C16H20N2O6/c1-4-24-16(21)15(20)17-10-7-14(19)18(9-10)11-5-6-12(22-2)13(8-11)23-3/h5-6,8,10H,4,7,9H2,1-3H3,(H,17,20). The molecule has 24 heavy (non-hydrogen) atoms. The number of hydrogen-bond donors (Lipinski definition) is 1. The number of anilines is 1. The zero-order valence-electron chi connectivity index (χ0n) is 13.8. The number of esters is 1. The van der Waals surface area contributed by atoms with Crippen LogP contribution in [0, 0.1) is 0 Å². The largest absolute Gasteiger partial charge is 0.493 e. The Balaban J connectivity index is 2.07. The van der Waals surface area contributed by atoms with Gasteiger partial charge < -0.3 is 24.4 Å². The maximum atomic E-state index is 12.2. The molecule has 1 aromatic rings. The summed E-state index contributed by atoms with van der Waals surface area (Å²) in [5, 5.41) is 2.51. The third-order valence-corrected chi connectivity index (χ3v) is 3.60. The van der Waals surface area contributed by atoms with Crippen molar-refractivity contribution in [2.75, 3.05) is 32.3 Å². The normalized spacial score (nSPS) is 16.7. The third-order valence-electron chi connectivity index (χ3n) is 3.60. The summed E-state index contributed by atoms with van der Waals surface area (Å²) in [6.45, 7) is 2.00. The molecule has 1 heterocycles. The number of nitrogens with zero attached hydrogens (tertiary/aromatic N) is 1. The maximum absolute atomic E-state index is 12.2.